The fourth-order valence-corrected chi connectivity index (χ4v) is 4.12. The van der Waals surface area contributed by atoms with Crippen LogP contribution in [-0.2, 0) is 0 Å². The highest BCUT2D eigenvalue weighted by atomic mass is 32.1. The van der Waals surface area contributed by atoms with Crippen molar-refractivity contribution in [1.82, 2.24) is 4.90 Å². The van der Waals surface area contributed by atoms with Crippen molar-refractivity contribution < 1.29 is 9.53 Å². The minimum absolute atomic E-state index is 0.0361. The molecule has 5 heteroatoms. The van der Waals surface area contributed by atoms with E-state index in [4.69, 9.17) is 10.5 Å². The Bertz CT molecular complexity index is 746. The third-order valence-electron chi connectivity index (χ3n) is 4.28. The zero-order valence-electron chi connectivity index (χ0n) is 15.8. The molecule has 4 nitrogen and oxygen atoms in total. The Morgan fingerprint density at radius 2 is 1.84 bits per heavy atom. The topological polar surface area (TPSA) is 55.6 Å². The molecule has 0 spiro atoms. The van der Waals surface area contributed by atoms with E-state index < -0.39 is 0 Å². The lowest BCUT2D eigenvalue weighted by Crippen LogP contribution is -2.33. The van der Waals surface area contributed by atoms with Crippen molar-refractivity contribution >= 4 is 22.2 Å². The van der Waals surface area contributed by atoms with Gasteiger partial charge in [-0.1, -0.05) is 19.9 Å². The first-order valence-electron chi connectivity index (χ1n) is 8.77. The maximum Gasteiger partial charge on any atom is 0.257 e. The first-order chi connectivity index (χ1) is 11.9. The maximum absolute atomic E-state index is 13.2. The number of thiophene rings is 1. The molecule has 0 bridgehead atoms. The highest BCUT2D eigenvalue weighted by Crippen LogP contribution is 2.40. The molecule has 0 fully saturated rings. The van der Waals surface area contributed by atoms with E-state index in [0.29, 0.717) is 10.6 Å². The summed E-state index contributed by atoms with van der Waals surface area (Å²) in [5.41, 5.74) is 9.91. The van der Waals surface area contributed by atoms with Gasteiger partial charge in [0.2, 0.25) is 0 Å². The second kappa shape index (κ2) is 8.39. The van der Waals surface area contributed by atoms with Gasteiger partial charge in [0.05, 0.1) is 17.7 Å². The van der Waals surface area contributed by atoms with Crippen LogP contribution in [-0.4, -0.2) is 31.0 Å². The van der Waals surface area contributed by atoms with E-state index >= 15 is 0 Å². The molecule has 0 aliphatic heterocycles. The standard InChI is InChI=1S/C20H28N2O2S/c1-6-10-22(11-7-2)20(23)18-17(14(4)25-19(18)21)15-8-9-16(24-5)13(3)12-15/h8-9,12H,6-7,10-11,21H2,1-5H3. The fourth-order valence-electron chi connectivity index (χ4n) is 3.17. The van der Waals surface area contributed by atoms with E-state index in [9.17, 15) is 4.79 Å². The van der Waals surface area contributed by atoms with Gasteiger partial charge < -0.3 is 15.4 Å². The Morgan fingerprint density at radius 1 is 1.20 bits per heavy atom. The number of hydrogen-bond donors (Lipinski definition) is 1. The van der Waals surface area contributed by atoms with Gasteiger partial charge in [0, 0.05) is 23.5 Å². The Kier molecular flexibility index (Phi) is 6.48. The van der Waals surface area contributed by atoms with Gasteiger partial charge in [0.15, 0.2) is 0 Å². The Hall–Kier alpha value is -2.01. The molecule has 1 aromatic heterocycles. The molecular formula is C20H28N2O2S. The predicted molar refractivity (Wildman–Crippen MR) is 107 cm³/mol. The van der Waals surface area contributed by atoms with Gasteiger partial charge in [-0.3, -0.25) is 4.79 Å². The van der Waals surface area contributed by atoms with Crippen molar-refractivity contribution in [2.75, 3.05) is 25.9 Å². The van der Waals surface area contributed by atoms with Gasteiger partial charge in [-0.2, -0.15) is 0 Å². The highest BCUT2D eigenvalue weighted by molar-refractivity contribution is 7.16. The maximum atomic E-state index is 13.2. The van der Waals surface area contributed by atoms with Crippen molar-refractivity contribution in [2.24, 2.45) is 0 Å². The van der Waals surface area contributed by atoms with Crippen LogP contribution in [0.5, 0.6) is 5.75 Å². The fraction of sp³-hybridized carbons (Fsp3) is 0.450. The highest BCUT2D eigenvalue weighted by Gasteiger charge is 2.25. The molecule has 2 rings (SSSR count). The number of carbonyl (C=O) groups is 1. The molecule has 0 aliphatic rings. The molecule has 2 aromatic rings. The predicted octanol–water partition coefficient (Wildman–Crippen LogP) is 4.88. The Balaban J connectivity index is 2.54. The van der Waals surface area contributed by atoms with Crippen LogP contribution in [0.2, 0.25) is 0 Å². The summed E-state index contributed by atoms with van der Waals surface area (Å²) in [4.78, 5) is 16.2. The molecule has 1 heterocycles. The number of carbonyl (C=O) groups excluding carboxylic acids is 1. The Labute approximate surface area is 154 Å². The second-order valence-electron chi connectivity index (χ2n) is 6.25. The average molecular weight is 361 g/mol. The number of nitrogens with zero attached hydrogens (tertiary/aromatic N) is 1. The first-order valence-corrected chi connectivity index (χ1v) is 9.59. The van der Waals surface area contributed by atoms with Crippen LogP contribution < -0.4 is 10.5 Å². The monoisotopic (exact) mass is 360 g/mol. The normalized spacial score (nSPS) is 10.8. The molecule has 0 saturated carbocycles. The van der Waals surface area contributed by atoms with Gasteiger partial charge in [-0.15, -0.1) is 11.3 Å². The van der Waals surface area contributed by atoms with Crippen molar-refractivity contribution in [2.45, 2.75) is 40.5 Å². The molecule has 1 aromatic carbocycles. The number of benzene rings is 1. The lowest BCUT2D eigenvalue weighted by Gasteiger charge is -2.22. The number of aryl methyl sites for hydroxylation is 2. The smallest absolute Gasteiger partial charge is 0.257 e. The third kappa shape index (κ3) is 3.98. The SMILES string of the molecule is CCCN(CCC)C(=O)c1c(N)sc(C)c1-c1ccc(OC)c(C)c1. The van der Waals surface area contributed by atoms with Crippen LogP contribution in [0.15, 0.2) is 18.2 Å². The molecule has 0 radical (unpaired) electrons. The number of rotatable bonds is 7. The van der Waals surface area contributed by atoms with Crippen molar-refractivity contribution in [3.05, 3.63) is 34.2 Å². The number of nitrogens with two attached hydrogens (primary N) is 1. The van der Waals surface area contributed by atoms with Gasteiger partial charge in [-0.25, -0.2) is 0 Å². The van der Waals surface area contributed by atoms with E-state index in [-0.39, 0.29) is 5.91 Å². The molecule has 0 atom stereocenters. The van der Waals surface area contributed by atoms with E-state index in [1.807, 2.05) is 30.9 Å². The minimum atomic E-state index is 0.0361. The third-order valence-corrected chi connectivity index (χ3v) is 5.22. The van der Waals surface area contributed by atoms with Crippen molar-refractivity contribution in [3.8, 4) is 16.9 Å². The summed E-state index contributed by atoms with van der Waals surface area (Å²) >= 11 is 1.49. The Morgan fingerprint density at radius 3 is 2.36 bits per heavy atom. The van der Waals surface area contributed by atoms with E-state index in [2.05, 4.69) is 19.9 Å². The minimum Gasteiger partial charge on any atom is -0.496 e. The summed E-state index contributed by atoms with van der Waals surface area (Å²) in [5.74, 6) is 0.880. The quantitative estimate of drug-likeness (QED) is 0.765. The van der Waals surface area contributed by atoms with Crippen LogP contribution in [0, 0.1) is 13.8 Å². The zero-order chi connectivity index (χ0) is 18.6. The second-order valence-corrected chi connectivity index (χ2v) is 7.51. The summed E-state index contributed by atoms with van der Waals surface area (Å²) in [7, 11) is 1.66. The average Bonchev–Trinajstić information content (AvgIpc) is 2.88. The van der Waals surface area contributed by atoms with Crippen LogP contribution in [0.1, 0.15) is 47.5 Å². The van der Waals surface area contributed by atoms with Gasteiger partial charge in [0.25, 0.3) is 5.91 Å². The summed E-state index contributed by atoms with van der Waals surface area (Å²) in [6.07, 6.45) is 1.87. The lowest BCUT2D eigenvalue weighted by molar-refractivity contribution is 0.0758. The molecule has 0 aliphatic carbocycles. The zero-order valence-corrected chi connectivity index (χ0v) is 16.6. The molecule has 2 N–H and O–H groups in total. The largest absolute Gasteiger partial charge is 0.496 e. The molecule has 0 unspecified atom stereocenters. The number of ether oxygens (including phenoxy) is 1. The van der Waals surface area contributed by atoms with E-state index in [0.717, 1.165) is 53.2 Å². The van der Waals surface area contributed by atoms with Crippen LogP contribution in [0.3, 0.4) is 0 Å². The number of hydrogen-bond acceptors (Lipinski definition) is 4. The van der Waals surface area contributed by atoms with E-state index in [1.165, 1.54) is 11.3 Å². The number of nitrogen functional groups attached to an aromatic ring is 1. The van der Waals surface area contributed by atoms with Gasteiger partial charge in [-0.05, 0) is 49.9 Å². The van der Waals surface area contributed by atoms with E-state index in [1.54, 1.807) is 7.11 Å². The summed E-state index contributed by atoms with van der Waals surface area (Å²) < 4.78 is 5.35. The summed E-state index contributed by atoms with van der Waals surface area (Å²) in [6, 6.07) is 6.01. The van der Waals surface area contributed by atoms with Crippen molar-refractivity contribution in [1.29, 1.82) is 0 Å². The molecule has 25 heavy (non-hydrogen) atoms. The van der Waals surface area contributed by atoms with Gasteiger partial charge in [0.1, 0.15) is 5.75 Å². The number of amides is 1. The molecule has 136 valence electrons. The van der Waals surface area contributed by atoms with Crippen LogP contribution in [0.4, 0.5) is 5.00 Å². The molecular weight excluding hydrogens is 332 g/mol. The molecule has 1 amide bonds. The summed E-state index contributed by atoms with van der Waals surface area (Å²) in [6.45, 7) is 9.72. The van der Waals surface area contributed by atoms with Crippen LogP contribution in [0.25, 0.3) is 11.1 Å². The first kappa shape index (κ1) is 19.3. The van der Waals surface area contributed by atoms with Crippen LogP contribution >= 0.6 is 11.3 Å². The lowest BCUT2D eigenvalue weighted by atomic mass is 9.98. The van der Waals surface area contributed by atoms with Gasteiger partial charge >= 0.3 is 0 Å². The summed E-state index contributed by atoms with van der Waals surface area (Å²) in [5, 5.41) is 0.600. The number of anilines is 1. The number of methoxy groups -OCH3 is 1. The van der Waals surface area contributed by atoms with Crippen molar-refractivity contribution in [3.63, 3.8) is 0 Å². The molecule has 0 saturated heterocycles.